The molecule has 1 amide bonds. The molecule has 1 unspecified atom stereocenters. The molecule has 1 N–H and O–H groups in total. The lowest BCUT2D eigenvalue weighted by Crippen LogP contribution is -2.24. The van der Waals surface area contributed by atoms with Crippen LogP contribution in [-0.2, 0) is 16.1 Å². The number of carbonyl (C=O) groups is 1. The molecule has 0 fully saturated rings. The van der Waals surface area contributed by atoms with Gasteiger partial charge in [0, 0.05) is 23.1 Å². The molecule has 0 bridgehead atoms. The lowest BCUT2D eigenvalue weighted by Gasteiger charge is -2.14. The maximum atomic E-state index is 12.9. The Labute approximate surface area is 196 Å². The first-order valence-electron chi connectivity index (χ1n) is 9.36. The minimum absolute atomic E-state index is 0.136. The van der Waals surface area contributed by atoms with E-state index in [1.807, 2.05) is 31.2 Å². The van der Waals surface area contributed by atoms with Crippen molar-refractivity contribution in [3.8, 4) is 11.1 Å². The van der Waals surface area contributed by atoms with Crippen molar-refractivity contribution < 1.29 is 9.53 Å². The second kappa shape index (κ2) is 10.0. The van der Waals surface area contributed by atoms with Gasteiger partial charge in [0.2, 0.25) is 11.0 Å². The van der Waals surface area contributed by atoms with Crippen molar-refractivity contribution in [1.82, 2.24) is 20.2 Å². The molecule has 1 atom stereocenters. The van der Waals surface area contributed by atoms with Gasteiger partial charge in [-0.2, -0.15) is 0 Å². The fourth-order valence-electron chi connectivity index (χ4n) is 2.91. The van der Waals surface area contributed by atoms with Gasteiger partial charge in [-0.1, -0.05) is 53.8 Å². The number of nitrogens with zero attached hydrogens (tertiary/aromatic N) is 4. The smallest absolute Gasteiger partial charge is 0.239 e. The summed E-state index contributed by atoms with van der Waals surface area (Å²) in [5.74, 6) is -0.136. The largest absolute Gasteiger partial charge is 0.377 e. The molecule has 3 heterocycles. The van der Waals surface area contributed by atoms with Crippen LogP contribution in [-0.4, -0.2) is 38.4 Å². The van der Waals surface area contributed by atoms with Crippen molar-refractivity contribution in [2.45, 2.75) is 30.2 Å². The molecule has 0 radical (unpaired) electrons. The van der Waals surface area contributed by atoms with Gasteiger partial charge in [-0.25, -0.2) is 9.97 Å². The Hall–Kier alpha value is -2.11. The molecule has 0 aliphatic carbocycles. The summed E-state index contributed by atoms with van der Waals surface area (Å²) in [6.45, 7) is 2.34. The van der Waals surface area contributed by atoms with Crippen LogP contribution in [0.2, 0.25) is 5.02 Å². The summed E-state index contributed by atoms with van der Waals surface area (Å²) in [7, 11) is 1.59. The van der Waals surface area contributed by atoms with Crippen molar-refractivity contribution in [3.63, 3.8) is 0 Å². The third-order valence-corrected chi connectivity index (χ3v) is 7.69. The SMILES string of the molecule is CCC(Sc1ncnc2scc(-c3ccc(Cl)cc3)c12)C(=O)Nc1nnc(COC)s1. The number of amides is 1. The van der Waals surface area contributed by atoms with E-state index in [2.05, 4.69) is 30.9 Å². The zero-order chi connectivity index (χ0) is 21.8. The molecule has 11 heteroatoms. The highest BCUT2D eigenvalue weighted by Gasteiger charge is 2.23. The van der Waals surface area contributed by atoms with E-state index in [1.165, 1.54) is 23.1 Å². The number of nitrogens with one attached hydrogen (secondary N) is 1. The summed E-state index contributed by atoms with van der Waals surface area (Å²) < 4.78 is 5.05. The number of methoxy groups -OCH3 is 1. The number of fused-ring (bicyclic) bond motifs is 1. The summed E-state index contributed by atoms with van der Waals surface area (Å²) in [6.07, 6.45) is 2.17. The van der Waals surface area contributed by atoms with E-state index in [9.17, 15) is 4.79 Å². The normalized spacial score (nSPS) is 12.2. The van der Waals surface area contributed by atoms with E-state index in [1.54, 1.807) is 24.8 Å². The predicted octanol–water partition coefficient (Wildman–Crippen LogP) is 5.52. The summed E-state index contributed by atoms with van der Waals surface area (Å²) in [5.41, 5.74) is 2.06. The second-order valence-electron chi connectivity index (χ2n) is 6.45. The highest BCUT2D eigenvalue weighted by Crippen LogP contribution is 2.39. The Morgan fingerprint density at radius 2 is 2.06 bits per heavy atom. The number of carbonyl (C=O) groups excluding carboxylic acids is 1. The maximum absolute atomic E-state index is 12.9. The fraction of sp³-hybridized carbons (Fsp3) is 0.250. The van der Waals surface area contributed by atoms with E-state index in [-0.39, 0.29) is 11.2 Å². The molecule has 7 nitrogen and oxygen atoms in total. The third kappa shape index (κ3) is 5.04. The summed E-state index contributed by atoms with van der Waals surface area (Å²) in [5, 5.41) is 16.2. The van der Waals surface area contributed by atoms with Gasteiger partial charge in [-0.15, -0.1) is 21.5 Å². The van der Waals surface area contributed by atoms with Gasteiger partial charge in [0.1, 0.15) is 27.8 Å². The zero-order valence-corrected chi connectivity index (χ0v) is 19.9. The molecule has 31 heavy (non-hydrogen) atoms. The van der Waals surface area contributed by atoms with Gasteiger partial charge in [-0.3, -0.25) is 10.1 Å². The van der Waals surface area contributed by atoms with Crippen LogP contribution in [0.3, 0.4) is 0 Å². The Morgan fingerprint density at radius 3 is 2.81 bits per heavy atom. The van der Waals surface area contributed by atoms with Crippen LogP contribution in [0, 0.1) is 0 Å². The quantitative estimate of drug-likeness (QED) is 0.256. The molecule has 4 aromatic rings. The summed E-state index contributed by atoms with van der Waals surface area (Å²) in [4.78, 5) is 22.7. The lowest BCUT2D eigenvalue weighted by atomic mass is 10.1. The second-order valence-corrected chi connectivity index (χ2v) is 10.0. The third-order valence-electron chi connectivity index (χ3n) is 4.37. The predicted molar refractivity (Wildman–Crippen MR) is 127 cm³/mol. The molecular formula is C20H18ClN5O2S3. The van der Waals surface area contributed by atoms with Crippen LogP contribution in [0.15, 0.2) is 41.0 Å². The molecular weight excluding hydrogens is 474 g/mol. The topological polar surface area (TPSA) is 89.9 Å². The van der Waals surface area contributed by atoms with E-state index in [4.69, 9.17) is 16.3 Å². The number of rotatable bonds is 8. The first-order valence-corrected chi connectivity index (χ1v) is 12.3. The van der Waals surface area contributed by atoms with E-state index < -0.39 is 0 Å². The number of ether oxygens (including phenoxy) is 1. The number of halogens is 1. The highest BCUT2D eigenvalue weighted by molar-refractivity contribution is 8.00. The molecule has 0 aliphatic heterocycles. The van der Waals surface area contributed by atoms with Crippen LogP contribution in [0.25, 0.3) is 21.3 Å². The Kier molecular flexibility index (Phi) is 7.13. The standard InChI is InChI=1S/C20H18ClN5O2S3/c1-3-14(17(27)24-20-26-25-15(31-20)8-28-2)30-19-16-13(9-29-18(16)22-10-23-19)11-4-6-12(21)7-5-11/h4-7,9-10,14H,3,8H2,1-2H3,(H,24,26,27). The van der Waals surface area contributed by atoms with E-state index in [0.717, 1.165) is 26.4 Å². The van der Waals surface area contributed by atoms with Crippen LogP contribution >= 0.6 is 46.0 Å². The van der Waals surface area contributed by atoms with Crippen LogP contribution < -0.4 is 5.32 Å². The average Bonchev–Trinajstić information content (AvgIpc) is 3.40. The average molecular weight is 492 g/mol. The first kappa shape index (κ1) is 22.1. The summed E-state index contributed by atoms with van der Waals surface area (Å²) >= 11 is 10.3. The van der Waals surface area contributed by atoms with Gasteiger partial charge >= 0.3 is 0 Å². The van der Waals surface area contributed by atoms with Crippen molar-refractivity contribution >= 4 is 67.3 Å². The number of thioether (sulfide) groups is 1. The number of aromatic nitrogens is 4. The van der Waals surface area contributed by atoms with Gasteiger partial charge in [0.25, 0.3) is 0 Å². The number of benzene rings is 1. The number of hydrogen-bond donors (Lipinski definition) is 1. The highest BCUT2D eigenvalue weighted by atomic mass is 35.5. The molecule has 4 rings (SSSR count). The van der Waals surface area contributed by atoms with Gasteiger partial charge < -0.3 is 4.74 Å². The molecule has 0 spiro atoms. The number of anilines is 1. The number of hydrogen-bond acceptors (Lipinski definition) is 9. The molecule has 3 aromatic heterocycles. The van der Waals surface area contributed by atoms with Gasteiger partial charge in [-0.05, 0) is 24.1 Å². The number of thiophene rings is 1. The minimum atomic E-state index is -0.342. The molecule has 0 saturated carbocycles. The summed E-state index contributed by atoms with van der Waals surface area (Å²) in [6, 6.07) is 7.67. The van der Waals surface area contributed by atoms with E-state index in [0.29, 0.717) is 28.2 Å². The van der Waals surface area contributed by atoms with E-state index >= 15 is 0 Å². The van der Waals surface area contributed by atoms with Crippen molar-refractivity contribution in [2.24, 2.45) is 0 Å². The lowest BCUT2D eigenvalue weighted by molar-refractivity contribution is -0.115. The van der Waals surface area contributed by atoms with Crippen molar-refractivity contribution in [1.29, 1.82) is 0 Å². The van der Waals surface area contributed by atoms with Crippen molar-refractivity contribution in [2.75, 3.05) is 12.4 Å². The van der Waals surface area contributed by atoms with Crippen molar-refractivity contribution in [3.05, 3.63) is 46.0 Å². The molecule has 160 valence electrons. The van der Waals surface area contributed by atoms with Gasteiger partial charge in [0.15, 0.2) is 0 Å². The van der Waals surface area contributed by atoms with Crippen LogP contribution in [0.1, 0.15) is 18.4 Å². The molecule has 0 saturated heterocycles. The molecule has 0 aliphatic rings. The zero-order valence-electron chi connectivity index (χ0n) is 16.7. The van der Waals surface area contributed by atoms with Crippen LogP contribution in [0.4, 0.5) is 5.13 Å². The monoisotopic (exact) mass is 491 g/mol. The Morgan fingerprint density at radius 1 is 1.26 bits per heavy atom. The Balaban J connectivity index is 1.59. The van der Waals surface area contributed by atoms with Gasteiger partial charge in [0.05, 0.1) is 10.6 Å². The first-order chi connectivity index (χ1) is 15.1. The van der Waals surface area contributed by atoms with Crippen LogP contribution in [0.5, 0.6) is 0 Å². The Bertz CT molecular complexity index is 1200. The minimum Gasteiger partial charge on any atom is -0.377 e. The molecule has 1 aromatic carbocycles. The fourth-order valence-corrected chi connectivity index (χ4v) is 5.76. The maximum Gasteiger partial charge on any atom is 0.239 e.